The summed E-state index contributed by atoms with van der Waals surface area (Å²) in [4.78, 5) is 24.3. The second-order valence-corrected chi connectivity index (χ2v) is 7.61. The van der Waals surface area contributed by atoms with Crippen LogP contribution in [0.15, 0.2) is 45.9 Å². The van der Waals surface area contributed by atoms with Crippen LogP contribution in [-0.4, -0.2) is 32.7 Å². The van der Waals surface area contributed by atoms with Gasteiger partial charge in [0, 0.05) is 6.26 Å². The first kappa shape index (κ1) is 18.7. The van der Waals surface area contributed by atoms with E-state index >= 15 is 0 Å². The van der Waals surface area contributed by atoms with Crippen LogP contribution < -0.4 is 5.32 Å². The molecule has 0 aliphatic carbocycles. The Bertz CT molecular complexity index is 871. The van der Waals surface area contributed by atoms with Gasteiger partial charge in [-0.1, -0.05) is 6.07 Å². The molecule has 1 heterocycles. The summed E-state index contributed by atoms with van der Waals surface area (Å²) in [5.74, 6) is -0.672. The molecule has 0 aliphatic rings. The van der Waals surface area contributed by atoms with Crippen molar-refractivity contribution in [3.8, 4) is 0 Å². The lowest BCUT2D eigenvalue weighted by molar-refractivity contribution is -0.129. The highest BCUT2D eigenvalue weighted by Gasteiger charge is 2.21. The lowest BCUT2D eigenvalue weighted by atomic mass is 10.1. The number of nitrogens with one attached hydrogen (secondary N) is 1. The molecule has 0 aliphatic heterocycles. The first-order chi connectivity index (χ1) is 11.7. The van der Waals surface area contributed by atoms with Crippen LogP contribution >= 0.6 is 0 Å². The molecule has 8 heteroatoms. The number of carbonyl (C=O) groups is 2. The fourth-order valence-electron chi connectivity index (χ4n) is 2.06. The van der Waals surface area contributed by atoms with Gasteiger partial charge in [0.05, 0.1) is 23.3 Å². The van der Waals surface area contributed by atoms with Gasteiger partial charge in [-0.05, 0) is 43.7 Å². The predicted octanol–water partition coefficient (Wildman–Crippen LogP) is 1.85. The van der Waals surface area contributed by atoms with Crippen molar-refractivity contribution in [1.82, 2.24) is 5.32 Å². The van der Waals surface area contributed by atoms with Crippen LogP contribution in [0.1, 0.15) is 28.6 Å². The van der Waals surface area contributed by atoms with Crippen LogP contribution in [0.2, 0.25) is 0 Å². The van der Waals surface area contributed by atoms with Gasteiger partial charge in [-0.25, -0.2) is 13.2 Å². The van der Waals surface area contributed by atoms with E-state index in [-0.39, 0.29) is 17.0 Å². The SMILES string of the molecule is Cc1ccc(S(C)(=O)=O)cc1C(=O)O[C@@H](C)C(=O)NCc1ccco1. The van der Waals surface area contributed by atoms with Crippen molar-refractivity contribution in [3.05, 3.63) is 53.5 Å². The molecule has 25 heavy (non-hydrogen) atoms. The molecule has 7 nitrogen and oxygen atoms in total. The van der Waals surface area contributed by atoms with E-state index in [0.717, 1.165) is 6.26 Å². The van der Waals surface area contributed by atoms with Gasteiger partial charge in [0.1, 0.15) is 5.76 Å². The molecule has 1 N–H and O–H groups in total. The van der Waals surface area contributed by atoms with Gasteiger partial charge in [0.2, 0.25) is 0 Å². The molecule has 0 bridgehead atoms. The highest BCUT2D eigenvalue weighted by atomic mass is 32.2. The Morgan fingerprint density at radius 3 is 2.60 bits per heavy atom. The number of esters is 1. The summed E-state index contributed by atoms with van der Waals surface area (Å²) < 4.78 is 33.5. The van der Waals surface area contributed by atoms with Crippen LogP contribution in [0.25, 0.3) is 0 Å². The molecule has 1 atom stereocenters. The maximum atomic E-state index is 12.3. The van der Waals surface area contributed by atoms with Crippen molar-refractivity contribution in [2.45, 2.75) is 31.4 Å². The summed E-state index contributed by atoms with van der Waals surface area (Å²) in [5.41, 5.74) is 0.661. The number of hydrogen-bond donors (Lipinski definition) is 1. The van der Waals surface area contributed by atoms with E-state index in [1.807, 2.05) is 0 Å². The zero-order chi connectivity index (χ0) is 18.6. The minimum Gasteiger partial charge on any atom is -0.467 e. The van der Waals surface area contributed by atoms with E-state index in [0.29, 0.717) is 11.3 Å². The van der Waals surface area contributed by atoms with Crippen LogP contribution in [-0.2, 0) is 25.9 Å². The van der Waals surface area contributed by atoms with Crippen molar-refractivity contribution < 1.29 is 27.2 Å². The minimum atomic E-state index is -3.45. The third-order valence-electron chi connectivity index (χ3n) is 3.53. The molecular formula is C17H19NO6S. The number of benzene rings is 1. The highest BCUT2D eigenvalue weighted by Crippen LogP contribution is 2.17. The minimum absolute atomic E-state index is 0.0139. The normalized spacial score (nSPS) is 12.4. The van der Waals surface area contributed by atoms with E-state index in [9.17, 15) is 18.0 Å². The number of sulfone groups is 1. The van der Waals surface area contributed by atoms with Crippen LogP contribution in [0.4, 0.5) is 0 Å². The van der Waals surface area contributed by atoms with Crippen molar-refractivity contribution in [2.75, 3.05) is 6.26 Å². The van der Waals surface area contributed by atoms with Crippen LogP contribution in [0.3, 0.4) is 0 Å². The molecule has 0 saturated heterocycles. The summed E-state index contributed by atoms with van der Waals surface area (Å²) in [6.07, 6.45) is 1.50. The summed E-state index contributed by atoms with van der Waals surface area (Å²) in [6, 6.07) is 7.59. The summed E-state index contributed by atoms with van der Waals surface area (Å²) in [7, 11) is -3.45. The maximum absolute atomic E-state index is 12.3. The smallest absolute Gasteiger partial charge is 0.339 e. The Morgan fingerprint density at radius 1 is 1.28 bits per heavy atom. The molecular weight excluding hydrogens is 346 g/mol. The van der Waals surface area contributed by atoms with E-state index < -0.39 is 27.8 Å². The molecule has 0 fully saturated rings. The van der Waals surface area contributed by atoms with Gasteiger partial charge in [-0.3, -0.25) is 4.79 Å². The highest BCUT2D eigenvalue weighted by molar-refractivity contribution is 7.90. The number of hydrogen-bond acceptors (Lipinski definition) is 6. The van der Waals surface area contributed by atoms with Crippen molar-refractivity contribution in [3.63, 3.8) is 0 Å². The quantitative estimate of drug-likeness (QED) is 0.784. The number of ether oxygens (including phenoxy) is 1. The van der Waals surface area contributed by atoms with Crippen LogP contribution in [0, 0.1) is 6.92 Å². The Labute approximate surface area is 145 Å². The largest absolute Gasteiger partial charge is 0.467 e. The van der Waals surface area contributed by atoms with Gasteiger partial charge >= 0.3 is 5.97 Å². The monoisotopic (exact) mass is 365 g/mol. The molecule has 1 aromatic heterocycles. The maximum Gasteiger partial charge on any atom is 0.339 e. The first-order valence-electron chi connectivity index (χ1n) is 7.50. The third kappa shape index (κ3) is 4.93. The van der Waals surface area contributed by atoms with Crippen LogP contribution in [0.5, 0.6) is 0 Å². The zero-order valence-electron chi connectivity index (χ0n) is 14.1. The molecule has 0 radical (unpaired) electrons. The Morgan fingerprint density at radius 2 is 2.00 bits per heavy atom. The van der Waals surface area contributed by atoms with Gasteiger partial charge < -0.3 is 14.5 Å². The van der Waals surface area contributed by atoms with Crippen molar-refractivity contribution in [1.29, 1.82) is 0 Å². The van der Waals surface area contributed by atoms with Gasteiger partial charge in [-0.15, -0.1) is 0 Å². The fraction of sp³-hybridized carbons (Fsp3) is 0.294. The topological polar surface area (TPSA) is 103 Å². The van der Waals surface area contributed by atoms with Gasteiger partial charge in [-0.2, -0.15) is 0 Å². The lowest BCUT2D eigenvalue weighted by Gasteiger charge is -2.14. The molecule has 0 saturated carbocycles. The van der Waals surface area contributed by atoms with Gasteiger partial charge in [0.25, 0.3) is 5.91 Å². The molecule has 0 unspecified atom stereocenters. The Balaban J connectivity index is 2.04. The van der Waals surface area contributed by atoms with E-state index in [2.05, 4.69) is 5.32 Å². The fourth-order valence-corrected chi connectivity index (χ4v) is 2.71. The standard InChI is InChI=1S/C17H19NO6S/c1-11-6-7-14(25(3,21)22)9-15(11)17(20)24-12(2)16(19)18-10-13-5-4-8-23-13/h4-9,12H,10H2,1-3H3,(H,18,19)/t12-/m0/s1. The van der Waals surface area contributed by atoms with Crippen molar-refractivity contribution >= 4 is 21.7 Å². The average Bonchev–Trinajstić information content (AvgIpc) is 3.05. The number of carbonyl (C=O) groups excluding carboxylic acids is 2. The average molecular weight is 365 g/mol. The Kier molecular flexibility index (Phi) is 5.63. The molecule has 0 spiro atoms. The van der Waals surface area contributed by atoms with E-state index in [1.54, 1.807) is 19.1 Å². The molecule has 2 aromatic rings. The Hall–Kier alpha value is -2.61. The first-order valence-corrected chi connectivity index (χ1v) is 9.39. The van der Waals surface area contributed by atoms with E-state index in [1.165, 1.54) is 31.4 Å². The predicted molar refractivity (Wildman–Crippen MR) is 89.7 cm³/mol. The van der Waals surface area contributed by atoms with E-state index in [4.69, 9.17) is 9.15 Å². The summed E-state index contributed by atoms with van der Waals surface area (Å²) in [5, 5.41) is 2.59. The van der Waals surface area contributed by atoms with Crippen molar-refractivity contribution in [2.24, 2.45) is 0 Å². The zero-order valence-corrected chi connectivity index (χ0v) is 14.9. The molecule has 134 valence electrons. The molecule has 1 amide bonds. The summed E-state index contributed by atoms with van der Waals surface area (Å²) in [6.45, 7) is 3.27. The third-order valence-corrected chi connectivity index (χ3v) is 4.64. The number of aryl methyl sites for hydroxylation is 1. The number of amides is 1. The lowest BCUT2D eigenvalue weighted by Crippen LogP contribution is -2.35. The second-order valence-electron chi connectivity index (χ2n) is 5.59. The molecule has 2 rings (SSSR count). The number of furan rings is 1. The second kappa shape index (κ2) is 7.52. The van der Waals surface area contributed by atoms with Gasteiger partial charge in [0.15, 0.2) is 15.9 Å². The summed E-state index contributed by atoms with van der Waals surface area (Å²) >= 11 is 0. The number of rotatable bonds is 6. The molecule has 1 aromatic carbocycles.